The Labute approximate surface area is 121 Å². The second-order valence-corrected chi connectivity index (χ2v) is 5.12. The Balaban J connectivity index is 2.90. The summed E-state index contributed by atoms with van der Waals surface area (Å²) in [5.74, 6) is -1.40. The van der Waals surface area contributed by atoms with Crippen molar-refractivity contribution in [2.75, 3.05) is 7.05 Å². The molecule has 0 saturated heterocycles. The van der Waals surface area contributed by atoms with Crippen LogP contribution >= 0.6 is 11.6 Å². The summed E-state index contributed by atoms with van der Waals surface area (Å²) in [7, 11) is 1.48. The van der Waals surface area contributed by atoms with E-state index in [1.165, 1.54) is 7.05 Å². The number of carbonyl (C=O) groups excluding carboxylic acids is 2. The number of nitrogens with zero attached hydrogens (tertiary/aromatic N) is 1. The van der Waals surface area contributed by atoms with Crippen LogP contribution in [0.25, 0.3) is 0 Å². The fourth-order valence-corrected chi connectivity index (χ4v) is 1.88. The number of pyridine rings is 1. The number of rotatable bonds is 5. The zero-order valence-corrected chi connectivity index (χ0v) is 12.3. The summed E-state index contributed by atoms with van der Waals surface area (Å²) in [6.45, 7) is 3.86. The van der Waals surface area contributed by atoms with Crippen molar-refractivity contribution in [2.45, 2.75) is 26.3 Å². The summed E-state index contributed by atoms with van der Waals surface area (Å²) in [5, 5.41) is 4.91. The highest BCUT2D eigenvalue weighted by Crippen LogP contribution is 2.14. The SMILES string of the molecule is CNC(=O)C(CC(C)C)NC(=O)c1cc(F)cnc1Cl. The number of halogens is 2. The van der Waals surface area contributed by atoms with E-state index in [4.69, 9.17) is 11.6 Å². The quantitative estimate of drug-likeness (QED) is 0.814. The molecule has 0 saturated carbocycles. The maximum absolute atomic E-state index is 13.1. The highest BCUT2D eigenvalue weighted by Gasteiger charge is 2.23. The van der Waals surface area contributed by atoms with Crippen molar-refractivity contribution < 1.29 is 14.0 Å². The molecule has 1 aromatic heterocycles. The third-order valence-electron chi connectivity index (χ3n) is 2.63. The number of carbonyl (C=O) groups is 2. The van der Waals surface area contributed by atoms with E-state index >= 15 is 0 Å². The van der Waals surface area contributed by atoms with Gasteiger partial charge in [0.05, 0.1) is 11.8 Å². The highest BCUT2D eigenvalue weighted by atomic mass is 35.5. The van der Waals surface area contributed by atoms with E-state index in [1.807, 2.05) is 13.8 Å². The monoisotopic (exact) mass is 301 g/mol. The van der Waals surface area contributed by atoms with Crippen molar-refractivity contribution >= 4 is 23.4 Å². The zero-order valence-electron chi connectivity index (χ0n) is 11.5. The fourth-order valence-electron chi connectivity index (χ4n) is 1.69. The van der Waals surface area contributed by atoms with Crippen LogP contribution in [0, 0.1) is 11.7 Å². The van der Waals surface area contributed by atoms with E-state index < -0.39 is 17.8 Å². The van der Waals surface area contributed by atoms with Gasteiger partial charge in [0.15, 0.2) is 0 Å². The standard InChI is InChI=1S/C13H17ClFN3O2/c1-7(2)4-10(13(20)16-3)18-12(19)9-5-8(15)6-17-11(9)14/h5-7,10H,4H2,1-3H3,(H,16,20)(H,18,19). The number of aromatic nitrogens is 1. The Bertz CT molecular complexity index is 508. The maximum Gasteiger partial charge on any atom is 0.255 e. The van der Waals surface area contributed by atoms with Gasteiger partial charge in [0, 0.05) is 7.05 Å². The van der Waals surface area contributed by atoms with Gasteiger partial charge in [-0.3, -0.25) is 9.59 Å². The number of nitrogens with one attached hydrogen (secondary N) is 2. The summed E-state index contributed by atoms with van der Waals surface area (Å²) in [5.41, 5.74) is -0.0932. The lowest BCUT2D eigenvalue weighted by Crippen LogP contribution is -2.46. The molecule has 0 aliphatic rings. The Morgan fingerprint density at radius 1 is 1.45 bits per heavy atom. The minimum absolute atomic E-state index is 0.0932. The van der Waals surface area contributed by atoms with Crippen LogP contribution in [-0.4, -0.2) is 29.9 Å². The molecule has 0 aliphatic carbocycles. The third-order valence-corrected chi connectivity index (χ3v) is 2.93. The summed E-state index contributed by atoms with van der Waals surface area (Å²) in [4.78, 5) is 27.3. The largest absolute Gasteiger partial charge is 0.357 e. The van der Waals surface area contributed by atoms with E-state index in [0.717, 1.165) is 12.3 Å². The molecular formula is C13H17ClFN3O2. The van der Waals surface area contributed by atoms with Gasteiger partial charge in [0.1, 0.15) is 17.0 Å². The second kappa shape index (κ2) is 7.19. The van der Waals surface area contributed by atoms with Gasteiger partial charge < -0.3 is 10.6 Å². The van der Waals surface area contributed by atoms with E-state index in [1.54, 1.807) is 0 Å². The summed E-state index contributed by atoms with van der Waals surface area (Å²) in [6, 6.07) is 0.285. The number of hydrogen-bond acceptors (Lipinski definition) is 3. The van der Waals surface area contributed by atoms with Crippen molar-refractivity contribution in [1.29, 1.82) is 0 Å². The zero-order chi connectivity index (χ0) is 15.3. The van der Waals surface area contributed by atoms with Gasteiger partial charge in [0.25, 0.3) is 5.91 Å². The predicted molar refractivity (Wildman–Crippen MR) is 74.0 cm³/mol. The molecule has 1 aromatic rings. The van der Waals surface area contributed by atoms with Gasteiger partial charge >= 0.3 is 0 Å². The van der Waals surface area contributed by atoms with Crippen LogP contribution < -0.4 is 10.6 Å². The second-order valence-electron chi connectivity index (χ2n) is 4.76. The third kappa shape index (κ3) is 4.45. The van der Waals surface area contributed by atoms with Gasteiger partial charge in [-0.25, -0.2) is 9.37 Å². The molecule has 20 heavy (non-hydrogen) atoms. The van der Waals surface area contributed by atoms with Crippen LogP contribution in [0.2, 0.25) is 5.15 Å². The maximum atomic E-state index is 13.1. The normalized spacial score (nSPS) is 12.1. The van der Waals surface area contributed by atoms with Crippen LogP contribution in [0.3, 0.4) is 0 Å². The van der Waals surface area contributed by atoms with Gasteiger partial charge in [-0.05, 0) is 18.4 Å². The van der Waals surface area contributed by atoms with Crippen LogP contribution in [0.15, 0.2) is 12.3 Å². The van der Waals surface area contributed by atoms with Crippen molar-refractivity contribution in [1.82, 2.24) is 15.6 Å². The molecule has 1 unspecified atom stereocenters. The molecule has 2 amide bonds. The summed E-state index contributed by atoms with van der Waals surface area (Å²) in [6.07, 6.45) is 1.38. The average molecular weight is 302 g/mol. The van der Waals surface area contributed by atoms with E-state index in [0.29, 0.717) is 6.42 Å². The molecule has 1 heterocycles. The Kier molecular flexibility index (Phi) is 5.88. The summed E-state index contributed by atoms with van der Waals surface area (Å²) >= 11 is 5.75. The van der Waals surface area contributed by atoms with Gasteiger partial charge in [-0.2, -0.15) is 0 Å². The molecule has 0 aliphatic heterocycles. The first-order chi connectivity index (χ1) is 9.35. The lowest BCUT2D eigenvalue weighted by Gasteiger charge is -2.19. The van der Waals surface area contributed by atoms with E-state index in [-0.39, 0.29) is 22.5 Å². The molecular weight excluding hydrogens is 285 g/mol. The van der Waals surface area contributed by atoms with Gasteiger partial charge in [-0.1, -0.05) is 25.4 Å². The smallest absolute Gasteiger partial charge is 0.255 e. The van der Waals surface area contributed by atoms with Crippen molar-refractivity contribution in [3.05, 3.63) is 28.8 Å². The van der Waals surface area contributed by atoms with E-state index in [2.05, 4.69) is 15.6 Å². The molecule has 0 radical (unpaired) electrons. The first-order valence-corrected chi connectivity index (χ1v) is 6.56. The molecule has 0 aromatic carbocycles. The Hall–Kier alpha value is -1.69. The lowest BCUT2D eigenvalue weighted by atomic mass is 10.0. The number of hydrogen-bond donors (Lipinski definition) is 2. The van der Waals surface area contributed by atoms with Gasteiger partial charge in [0.2, 0.25) is 5.91 Å². The molecule has 7 heteroatoms. The molecule has 1 rings (SSSR count). The van der Waals surface area contributed by atoms with Crippen LogP contribution in [0.1, 0.15) is 30.6 Å². The Morgan fingerprint density at radius 3 is 2.65 bits per heavy atom. The highest BCUT2D eigenvalue weighted by molar-refractivity contribution is 6.32. The predicted octanol–water partition coefficient (Wildman–Crippen LogP) is 1.76. The molecule has 0 bridgehead atoms. The van der Waals surface area contributed by atoms with Crippen LogP contribution in [0.4, 0.5) is 4.39 Å². The van der Waals surface area contributed by atoms with Crippen molar-refractivity contribution in [3.63, 3.8) is 0 Å². The van der Waals surface area contributed by atoms with Crippen molar-refractivity contribution in [2.24, 2.45) is 5.92 Å². The molecule has 0 spiro atoms. The van der Waals surface area contributed by atoms with Crippen molar-refractivity contribution in [3.8, 4) is 0 Å². The Morgan fingerprint density at radius 2 is 2.10 bits per heavy atom. The van der Waals surface area contributed by atoms with Crippen LogP contribution in [-0.2, 0) is 4.79 Å². The van der Waals surface area contributed by atoms with E-state index in [9.17, 15) is 14.0 Å². The van der Waals surface area contributed by atoms with Crippen LogP contribution in [0.5, 0.6) is 0 Å². The minimum Gasteiger partial charge on any atom is -0.357 e. The molecule has 1 atom stereocenters. The number of amides is 2. The molecule has 110 valence electrons. The minimum atomic E-state index is -0.702. The summed E-state index contributed by atoms with van der Waals surface area (Å²) < 4.78 is 13.1. The first kappa shape index (κ1) is 16.4. The topological polar surface area (TPSA) is 71.1 Å². The fraction of sp³-hybridized carbons (Fsp3) is 0.462. The lowest BCUT2D eigenvalue weighted by molar-refractivity contribution is -0.122. The molecule has 0 fully saturated rings. The molecule has 2 N–H and O–H groups in total. The number of likely N-dealkylation sites (N-methyl/N-ethyl adjacent to an activating group) is 1. The first-order valence-electron chi connectivity index (χ1n) is 6.18. The average Bonchev–Trinajstić information content (AvgIpc) is 2.39. The molecule has 5 nitrogen and oxygen atoms in total. The van der Waals surface area contributed by atoms with Gasteiger partial charge in [-0.15, -0.1) is 0 Å².